The third-order valence-electron chi connectivity index (χ3n) is 2.26. The fourth-order valence-electron chi connectivity index (χ4n) is 1.17. The highest BCUT2D eigenvalue weighted by molar-refractivity contribution is 5.87. The Morgan fingerprint density at radius 2 is 1.94 bits per heavy atom. The molecule has 16 heavy (non-hydrogen) atoms. The number of rotatable bonds is 7. The predicted octanol–water partition coefficient (Wildman–Crippen LogP) is 0.00220. The first-order valence-electron chi connectivity index (χ1n) is 5.78. The van der Waals surface area contributed by atoms with E-state index in [4.69, 9.17) is 5.73 Å². The molecule has 0 aromatic carbocycles. The topological polar surface area (TPSA) is 84.2 Å². The Kier molecular flexibility index (Phi) is 7.54. The second-order valence-corrected chi connectivity index (χ2v) is 4.13. The van der Waals surface area contributed by atoms with Crippen LogP contribution in [0.4, 0.5) is 0 Å². The molecule has 0 radical (unpaired) electrons. The van der Waals surface area contributed by atoms with Crippen molar-refractivity contribution in [2.24, 2.45) is 11.7 Å². The molecule has 0 aromatic rings. The van der Waals surface area contributed by atoms with Crippen LogP contribution in [0.5, 0.6) is 0 Å². The van der Waals surface area contributed by atoms with Gasteiger partial charge in [-0.3, -0.25) is 9.59 Å². The van der Waals surface area contributed by atoms with Crippen molar-refractivity contribution >= 4 is 11.8 Å². The maximum Gasteiger partial charge on any atom is 0.242 e. The minimum atomic E-state index is -0.482. The van der Waals surface area contributed by atoms with Crippen LogP contribution in [-0.4, -0.2) is 30.9 Å². The molecule has 0 rings (SSSR count). The molecule has 0 fully saturated rings. The summed E-state index contributed by atoms with van der Waals surface area (Å²) in [5, 5.41) is 5.37. The second kappa shape index (κ2) is 8.10. The van der Waals surface area contributed by atoms with Crippen LogP contribution in [0.25, 0.3) is 0 Å². The number of nitrogens with two attached hydrogens (primary N) is 1. The van der Waals surface area contributed by atoms with Crippen molar-refractivity contribution in [2.75, 3.05) is 13.1 Å². The van der Waals surface area contributed by atoms with Gasteiger partial charge in [0.15, 0.2) is 0 Å². The Balaban J connectivity index is 3.89. The van der Waals surface area contributed by atoms with Gasteiger partial charge in [0.2, 0.25) is 11.8 Å². The molecule has 0 saturated heterocycles. The third kappa shape index (κ3) is 6.40. The highest BCUT2D eigenvalue weighted by atomic mass is 16.2. The van der Waals surface area contributed by atoms with Gasteiger partial charge in [-0.15, -0.1) is 0 Å². The van der Waals surface area contributed by atoms with E-state index >= 15 is 0 Å². The average molecular weight is 229 g/mol. The van der Waals surface area contributed by atoms with E-state index in [0.717, 1.165) is 6.42 Å². The maximum atomic E-state index is 11.5. The zero-order valence-corrected chi connectivity index (χ0v) is 10.4. The standard InChI is InChI=1S/C11H23N3O2/c1-4-5-13-11(16)9(3)14-10(15)6-8(2)7-12/h8-9H,4-7,12H2,1-3H3,(H,13,16)(H,14,15). The summed E-state index contributed by atoms with van der Waals surface area (Å²) in [7, 11) is 0. The summed E-state index contributed by atoms with van der Waals surface area (Å²) in [6, 6.07) is -0.482. The largest absolute Gasteiger partial charge is 0.354 e. The lowest BCUT2D eigenvalue weighted by atomic mass is 10.1. The molecule has 94 valence electrons. The molecule has 0 heterocycles. The van der Waals surface area contributed by atoms with Crippen LogP contribution < -0.4 is 16.4 Å². The van der Waals surface area contributed by atoms with Crippen molar-refractivity contribution in [3.8, 4) is 0 Å². The SMILES string of the molecule is CCCNC(=O)C(C)NC(=O)CC(C)CN. The monoisotopic (exact) mass is 229 g/mol. The summed E-state index contributed by atoms with van der Waals surface area (Å²) in [6.07, 6.45) is 1.25. The van der Waals surface area contributed by atoms with Gasteiger partial charge in [-0.05, 0) is 25.8 Å². The first-order chi connectivity index (χ1) is 7.51. The van der Waals surface area contributed by atoms with E-state index in [1.54, 1.807) is 6.92 Å². The van der Waals surface area contributed by atoms with E-state index < -0.39 is 6.04 Å². The number of amides is 2. The third-order valence-corrected chi connectivity index (χ3v) is 2.26. The Bertz CT molecular complexity index is 231. The Morgan fingerprint density at radius 3 is 2.44 bits per heavy atom. The van der Waals surface area contributed by atoms with Crippen LogP contribution in [0.3, 0.4) is 0 Å². The molecular formula is C11H23N3O2. The van der Waals surface area contributed by atoms with Gasteiger partial charge >= 0.3 is 0 Å². The number of nitrogens with one attached hydrogen (secondary N) is 2. The number of carbonyl (C=O) groups excluding carboxylic acids is 2. The molecule has 0 saturated carbocycles. The summed E-state index contributed by atoms with van der Waals surface area (Å²) < 4.78 is 0. The molecule has 0 spiro atoms. The first-order valence-corrected chi connectivity index (χ1v) is 5.78. The van der Waals surface area contributed by atoms with Crippen molar-refractivity contribution < 1.29 is 9.59 Å². The highest BCUT2D eigenvalue weighted by Crippen LogP contribution is 1.98. The van der Waals surface area contributed by atoms with Gasteiger partial charge in [-0.2, -0.15) is 0 Å². The van der Waals surface area contributed by atoms with Gasteiger partial charge in [0.1, 0.15) is 6.04 Å². The molecule has 0 aliphatic rings. The number of carbonyl (C=O) groups is 2. The smallest absolute Gasteiger partial charge is 0.242 e. The molecule has 2 unspecified atom stereocenters. The Morgan fingerprint density at radius 1 is 1.31 bits per heavy atom. The lowest BCUT2D eigenvalue weighted by Gasteiger charge is -2.15. The summed E-state index contributed by atoms with van der Waals surface area (Å²) in [5.74, 6) is -0.126. The quantitative estimate of drug-likeness (QED) is 0.574. The molecule has 0 aromatic heterocycles. The van der Waals surface area contributed by atoms with E-state index in [9.17, 15) is 9.59 Å². The number of hydrogen-bond donors (Lipinski definition) is 3. The van der Waals surface area contributed by atoms with Gasteiger partial charge in [0, 0.05) is 13.0 Å². The lowest BCUT2D eigenvalue weighted by molar-refractivity contribution is -0.128. The van der Waals surface area contributed by atoms with Crippen LogP contribution in [0.15, 0.2) is 0 Å². The van der Waals surface area contributed by atoms with Crippen LogP contribution in [0.1, 0.15) is 33.6 Å². The molecule has 2 atom stereocenters. The van der Waals surface area contributed by atoms with Crippen molar-refractivity contribution in [3.05, 3.63) is 0 Å². The van der Waals surface area contributed by atoms with E-state index in [2.05, 4.69) is 10.6 Å². The summed E-state index contributed by atoms with van der Waals surface area (Å²) in [4.78, 5) is 22.9. The molecule has 2 amide bonds. The van der Waals surface area contributed by atoms with E-state index in [-0.39, 0.29) is 17.7 Å². The van der Waals surface area contributed by atoms with Gasteiger partial charge in [0.25, 0.3) is 0 Å². The molecule has 4 N–H and O–H groups in total. The van der Waals surface area contributed by atoms with Crippen molar-refractivity contribution in [2.45, 2.75) is 39.7 Å². The van der Waals surface area contributed by atoms with Crippen LogP contribution in [0.2, 0.25) is 0 Å². The normalized spacial score (nSPS) is 14.0. The summed E-state index contributed by atoms with van der Waals surface area (Å²) >= 11 is 0. The average Bonchev–Trinajstić information content (AvgIpc) is 2.25. The molecule has 5 nitrogen and oxygen atoms in total. The molecular weight excluding hydrogens is 206 g/mol. The fraction of sp³-hybridized carbons (Fsp3) is 0.818. The van der Waals surface area contributed by atoms with Crippen LogP contribution in [0, 0.1) is 5.92 Å². The summed E-state index contributed by atoms with van der Waals surface area (Å²) in [5.41, 5.74) is 5.42. The van der Waals surface area contributed by atoms with Gasteiger partial charge in [-0.25, -0.2) is 0 Å². The zero-order valence-electron chi connectivity index (χ0n) is 10.4. The minimum absolute atomic E-state index is 0.128. The van der Waals surface area contributed by atoms with E-state index in [1.807, 2.05) is 13.8 Å². The fourth-order valence-corrected chi connectivity index (χ4v) is 1.17. The Hall–Kier alpha value is -1.10. The van der Waals surface area contributed by atoms with Crippen molar-refractivity contribution in [1.82, 2.24) is 10.6 Å². The van der Waals surface area contributed by atoms with Gasteiger partial charge in [-0.1, -0.05) is 13.8 Å². The molecule has 5 heteroatoms. The number of hydrogen-bond acceptors (Lipinski definition) is 3. The molecule has 0 bridgehead atoms. The predicted molar refractivity (Wildman–Crippen MR) is 63.7 cm³/mol. The highest BCUT2D eigenvalue weighted by Gasteiger charge is 2.15. The van der Waals surface area contributed by atoms with Crippen LogP contribution >= 0.6 is 0 Å². The first kappa shape index (κ1) is 14.9. The maximum absolute atomic E-state index is 11.5. The lowest BCUT2D eigenvalue weighted by Crippen LogP contribution is -2.45. The van der Waals surface area contributed by atoms with Gasteiger partial charge < -0.3 is 16.4 Å². The Labute approximate surface area is 97.2 Å². The second-order valence-electron chi connectivity index (χ2n) is 4.13. The zero-order chi connectivity index (χ0) is 12.6. The van der Waals surface area contributed by atoms with Crippen LogP contribution in [-0.2, 0) is 9.59 Å². The molecule has 0 aliphatic carbocycles. The minimum Gasteiger partial charge on any atom is -0.354 e. The van der Waals surface area contributed by atoms with E-state index in [1.165, 1.54) is 0 Å². The van der Waals surface area contributed by atoms with Gasteiger partial charge in [0.05, 0.1) is 0 Å². The van der Waals surface area contributed by atoms with E-state index in [0.29, 0.717) is 19.5 Å². The molecule has 0 aliphatic heterocycles. The van der Waals surface area contributed by atoms with Crippen molar-refractivity contribution in [1.29, 1.82) is 0 Å². The summed E-state index contributed by atoms with van der Waals surface area (Å²) in [6.45, 7) is 6.67. The van der Waals surface area contributed by atoms with Crippen molar-refractivity contribution in [3.63, 3.8) is 0 Å².